The van der Waals surface area contributed by atoms with E-state index < -0.39 is 5.97 Å². The molecule has 4 nitrogen and oxygen atoms in total. The molecular formula is C21H30N2O2S2. The van der Waals surface area contributed by atoms with Crippen molar-refractivity contribution in [3.8, 4) is 0 Å². The van der Waals surface area contributed by atoms with E-state index in [0.717, 1.165) is 24.0 Å². The van der Waals surface area contributed by atoms with Crippen LogP contribution in [0.1, 0.15) is 61.4 Å². The number of rotatable bonds is 8. The predicted molar refractivity (Wildman–Crippen MR) is 114 cm³/mol. The van der Waals surface area contributed by atoms with Crippen molar-refractivity contribution in [1.29, 1.82) is 0 Å². The van der Waals surface area contributed by atoms with Crippen LogP contribution in [0.3, 0.4) is 0 Å². The Morgan fingerprint density at radius 3 is 2.70 bits per heavy atom. The molecule has 0 spiro atoms. The summed E-state index contributed by atoms with van der Waals surface area (Å²) >= 11 is 3.42. The molecule has 0 aliphatic heterocycles. The lowest BCUT2D eigenvalue weighted by molar-refractivity contribution is -0.136. The van der Waals surface area contributed by atoms with Crippen molar-refractivity contribution in [2.24, 2.45) is 11.3 Å². The van der Waals surface area contributed by atoms with Crippen LogP contribution in [0.4, 0.5) is 5.13 Å². The number of carboxylic acid groups (broad SMARTS) is 1. The zero-order valence-electron chi connectivity index (χ0n) is 16.5. The lowest BCUT2D eigenvalue weighted by Gasteiger charge is -2.34. The van der Waals surface area contributed by atoms with Gasteiger partial charge in [0.1, 0.15) is 0 Å². The first kappa shape index (κ1) is 20.3. The smallest absolute Gasteiger partial charge is 0.305 e. The SMILES string of the molecule is Cc1ccc(CN(CCC(=O)O)c2nc(CC3CCC(C)(C)CC3)cs2)s1. The number of thiazole rings is 1. The van der Waals surface area contributed by atoms with Gasteiger partial charge >= 0.3 is 5.97 Å². The molecule has 0 aromatic carbocycles. The Bertz CT molecular complexity index is 756. The molecule has 1 aliphatic carbocycles. The van der Waals surface area contributed by atoms with E-state index in [4.69, 9.17) is 10.1 Å². The van der Waals surface area contributed by atoms with Crippen LogP contribution in [0.15, 0.2) is 17.5 Å². The number of hydrogen-bond acceptors (Lipinski definition) is 5. The number of nitrogens with zero attached hydrogens (tertiary/aromatic N) is 2. The van der Waals surface area contributed by atoms with Gasteiger partial charge in [-0.2, -0.15) is 0 Å². The van der Waals surface area contributed by atoms with Crippen molar-refractivity contribution in [3.63, 3.8) is 0 Å². The van der Waals surface area contributed by atoms with E-state index in [0.29, 0.717) is 12.0 Å². The van der Waals surface area contributed by atoms with Gasteiger partial charge in [0.05, 0.1) is 18.7 Å². The molecule has 1 aliphatic rings. The maximum absolute atomic E-state index is 11.1. The number of aromatic nitrogens is 1. The molecule has 1 N–H and O–H groups in total. The van der Waals surface area contributed by atoms with Crippen LogP contribution < -0.4 is 4.90 Å². The topological polar surface area (TPSA) is 53.4 Å². The highest BCUT2D eigenvalue weighted by Crippen LogP contribution is 2.39. The highest BCUT2D eigenvalue weighted by molar-refractivity contribution is 7.14. The zero-order chi connectivity index (χ0) is 19.4. The van der Waals surface area contributed by atoms with E-state index in [9.17, 15) is 4.79 Å². The van der Waals surface area contributed by atoms with Crippen LogP contribution in [0, 0.1) is 18.3 Å². The van der Waals surface area contributed by atoms with E-state index in [-0.39, 0.29) is 6.42 Å². The van der Waals surface area contributed by atoms with Gasteiger partial charge < -0.3 is 10.0 Å². The van der Waals surface area contributed by atoms with Gasteiger partial charge in [0, 0.05) is 21.7 Å². The summed E-state index contributed by atoms with van der Waals surface area (Å²) in [5.41, 5.74) is 1.67. The molecule has 0 bridgehead atoms. The summed E-state index contributed by atoms with van der Waals surface area (Å²) in [7, 11) is 0. The van der Waals surface area contributed by atoms with Crippen LogP contribution in [0.5, 0.6) is 0 Å². The number of aryl methyl sites for hydroxylation is 1. The fourth-order valence-electron chi connectivity index (χ4n) is 3.73. The van der Waals surface area contributed by atoms with Crippen LogP contribution in [0.25, 0.3) is 0 Å². The molecular weight excluding hydrogens is 376 g/mol. The van der Waals surface area contributed by atoms with E-state index in [1.807, 2.05) is 0 Å². The predicted octanol–water partition coefficient (Wildman–Crippen LogP) is 5.75. The molecule has 3 rings (SSSR count). The Morgan fingerprint density at radius 2 is 2.07 bits per heavy atom. The van der Waals surface area contributed by atoms with E-state index >= 15 is 0 Å². The molecule has 1 fully saturated rings. The fourth-order valence-corrected chi connectivity index (χ4v) is 5.50. The van der Waals surface area contributed by atoms with E-state index in [2.05, 4.69) is 43.2 Å². The molecule has 27 heavy (non-hydrogen) atoms. The molecule has 0 amide bonds. The van der Waals surface area contributed by atoms with Gasteiger partial charge in [0.2, 0.25) is 0 Å². The number of aliphatic carboxylic acids is 1. The van der Waals surface area contributed by atoms with Crippen LogP contribution in [-0.4, -0.2) is 22.6 Å². The Kier molecular flexibility index (Phi) is 6.58. The monoisotopic (exact) mass is 406 g/mol. The molecule has 2 aromatic rings. The third-order valence-electron chi connectivity index (χ3n) is 5.50. The second kappa shape index (κ2) is 8.74. The molecule has 2 heterocycles. The fraction of sp³-hybridized carbons (Fsp3) is 0.619. The highest BCUT2D eigenvalue weighted by Gasteiger charge is 2.27. The summed E-state index contributed by atoms with van der Waals surface area (Å²) in [4.78, 5) is 20.6. The number of carbonyl (C=O) groups is 1. The average molecular weight is 407 g/mol. The Balaban J connectivity index is 1.65. The van der Waals surface area contributed by atoms with Gasteiger partial charge in [-0.25, -0.2) is 4.98 Å². The molecule has 148 valence electrons. The van der Waals surface area contributed by atoms with Gasteiger partial charge in [-0.05, 0) is 62.5 Å². The first-order valence-electron chi connectivity index (χ1n) is 9.77. The molecule has 0 saturated heterocycles. The molecule has 0 radical (unpaired) electrons. The number of anilines is 1. The number of carboxylic acids is 1. The largest absolute Gasteiger partial charge is 0.481 e. The summed E-state index contributed by atoms with van der Waals surface area (Å²) in [5, 5.41) is 12.2. The van der Waals surface area contributed by atoms with Crippen LogP contribution >= 0.6 is 22.7 Å². The van der Waals surface area contributed by atoms with Gasteiger partial charge in [-0.15, -0.1) is 22.7 Å². The second-order valence-electron chi connectivity index (χ2n) is 8.51. The van der Waals surface area contributed by atoms with Crippen molar-refractivity contribution < 1.29 is 9.90 Å². The number of thiophene rings is 1. The highest BCUT2D eigenvalue weighted by atomic mass is 32.1. The van der Waals surface area contributed by atoms with Crippen molar-refractivity contribution in [3.05, 3.63) is 33.0 Å². The molecule has 0 unspecified atom stereocenters. The van der Waals surface area contributed by atoms with E-state index in [1.165, 1.54) is 41.1 Å². The molecule has 6 heteroatoms. The van der Waals surface area contributed by atoms with Crippen molar-refractivity contribution in [1.82, 2.24) is 4.98 Å². The van der Waals surface area contributed by atoms with Gasteiger partial charge in [0.25, 0.3) is 0 Å². The Morgan fingerprint density at radius 1 is 1.33 bits per heavy atom. The van der Waals surface area contributed by atoms with Gasteiger partial charge in [-0.3, -0.25) is 4.79 Å². The van der Waals surface area contributed by atoms with Crippen molar-refractivity contribution in [2.75, 3.05) is 11.4 Å². The van der Waals surface area contributed by atoms with Crippen molar-refractivity contribution in [2.45, 2.75) is 65.8 Å². The molecule has 2 aromatic heterocycles. The Hall–Kier alpha value is -1.40. The van der Waals surface area contributed by atoms with Crippen molar-refractivity contribution >= 4 is 33.8 Å². The first-order valence-corrected chi connectivity index (χ1v) is 11.5. The lowest BCUT2D eigenvalue weighted by Crippen LogP contribution is -2.25. The maximum atomic E-state index is 11.1. The molecule has 1 saturated carbocycles. The summed E-state index contributed by atoms with van der Waals surface area (Å²) in [6, 6.07) is 4.25. The zero-order valence-corrected chi connectivity index (χ0v) is 18.2. The standard InChI is InChI=1S/C21H30N2O2S2/c1-15-4-5-18(27-15)13-23(11-8-19(24)25)20-22-17(14-26-20)12-16-6-9-21(2,3)10-7-16/h4-5,14,16H,6-13H2,1-3H3,(H,24,25). The summed E-state index contributed by atoms with van der Waals surface area (Å²) in [6.07, 6.45) is 6.37. The van der Waals surface area contributed by atoms with Gasteiger partial charge in [0.15, 0.2) is 5.13 Å². The lowest BCUT2D eigenvalue weighted by atomic mass is 9.72. The first-order chi connectivity index (χ1) is 12.8. The van der Waals surface area contributed by atoms with Crippen LogP contribution in [-0.2, 0) is 17.8 Å². The maximum Gasteiger partial charge on any atom is 0.305 e. The second-order valence-corrected chi connectivity index (χ2v) is 10.7. The normalized spacial score (nSPS) is 17.1. The molecule has 0 atom stereocenters. The van der Waals surface area contributed by atoms with E-state index in [1.54, 1.807) is 22.7 Å². The summed E-state index contributed by atoms with van der Waals surface area (Å²) in [6.45, 7) is 8.07. The summed E-state index contributed by atoms with van der Waals surface area (Å²) < 4.78 is 0. The average Bonchev–Trinajstić information content (AvgIpc) is 3.22. The third kappa shape index (κ3) is 6.04. The third-order valence-corrected chi connectivity index (χ3v) is 7.44. The minimum Gasteiger partial charge on any atom is -0.481 e. The minimum absolute atomic E-state index is 0.136. The Labute approximate surface area is 170 Å². The number of hydrogen-bond donors (Lipinski definition) is 1. The summed E-state index contributed by atoms with van der Waals surface area (Å²) in [5.74, 6) is -0.0237. The minimum atomic E-state index is -0.760. The van der Waals surface area contributed by atoms with Crippen LogP contribution in [0.2, 0.25) is 0 Å². The quantitative estimate of drug-likeness (QED) is 0.606. The van der Waals surface area contributed by atoms with Gasteiger partial charge in [-0.1, -0.05) is 13.8 Å².